The van der Waals surface area contributed by atoms with E-state index in [1.807, 2.05) is 121 Å². The summed E-state index contributed by atoms with van der Waals surface area (Å²) in [6, 6.07) is 39.5. The van der Waals surface area contributed by atoms with Crippen LogP contribution in [0.5, 0.6) is 0 Å². The van der Waals surface area contributed by atoms with Gasteiger partial charge in [-0.2, -0.15) is 0 Å². The van der Waals surface area contributed by atoms with Crippen molar-refractivity contribution in [2.24, 2.45) is 5.92 Å². The van der Waals surface area contributed by atoms with E-state index in [9.17, 15) is 10.2 Å². The van der Waals surface area contributed by atoms with Gasteiger partial charge in [0.15, 0.2) is 6.29 Å². The molecule has 0 radical (unpaired) electrons. The Bertz CT molecular complexity index is 1580. The smallest absolute Gasteiger partial charge is 0.187 e. The van der Waals surface area contributed by atoms with Gasteiger partial charge in [-0.05, 0) is 28.0 Å². The summed E-state index contributed by atoms with van der Waals surface area (Å²) in [6.45, 7) is 5.76. The topological polar surface area (TPSA) is 105 Å². The monoisotopic (exact) mass is 744 g/mol. The normalized spacial score (nSPS) is 28.8. The Balaban J connectivity index is 1.26. The van der Waals surface area contributed by atoms with Crippen molar-refractivity contribution in [2.75, 3.05) is 19.0 Å². The fourth-order valence-corrected chi connectivity index (χ4v) is 7.70. The highest BCUT2D eigenvalue weighted by atomic mass is 32.2. The molecule has 0 aliphatic carbocycles. The third-order valence-electron chi connectivity index (χ3n) is 9.57. The summed E-state index contributed by atoms with van der Waals surface area (Å²) in [5.74, 6) is 0.784. The average Bonchev–Trinajstić information content (AvgIpc) is 3.19. The summed E-state index contributed by atoms with van der Waals surface area (Å²) < 4.78 is 45.6. The van der Waals surface area contributed by atoms with Gasteiger partial charge in [0.2, 0.25) is 0 Å². The van der Waals surface area contributed by atoms with E-state index < -0.39 is 49.0 Å². The molecule has 2 heterocycles. The minimum atomic E-state index is -1.33. The number of rotatable bonds is 18. The van der Waals surface area contributed by atoms with Crippen LogP contribution in [0.2, 0.25) is 0 Å². The lowest BCUT2D eigenvalue weighted by molar-refractivity contribution is -0.347. The van der Waals surface area contributed by atoms with E-state index in [0.717, 1.165) is 28.0 Å². The van der Waals surface area contributed by atoms with E-state index in [1.54, 1.807) is 11.8 Å². The summed E-state index contributed by atoms with van der Waals surface area (Å²) in [7, 11) is 0. The Morgan fingerprint density at radius 3 is 1.49 bits per heavy atom. The van der Waals surface area contributed by atoms with Crippen molar-refractivity contribution >= 4 is 11.8 Å². The lowest BCUT2D eigenvalue weighted by atomic mass is 9.92. The summed E-state index contributed by atoms with van der Waals surface area (Å²) in [4.78, 5) is 0. The van der Waals surface area contributed by atoms with Crippen LogP contribution in [0.4, 0.5) is 0 Å². The molecule has 53 heavy (non-hydrogen) atoms. The highest BCUT2D eigenvalue weighted by Crippen LogP contribution is 2.38. The van der Waals surface area contributed by atoms with E-state index >= 15 is 0 Å². The average molecular weight is 745 g/mol. The quantitative estimate of drug-likeness (QED) is 0.117. The van der Waals surface area contributed by atoms with Gasteiger partial charge in [0.05, 0.1) is 45.7 Å². The maximum Gasteiger partial charge on any atom is 0.187 e. The molecule has 4 unspecified atom stereocenters. The summed E-state index contributed by atoms with van der Waals surface area (Å²) >= 11 is 1.72. The molecule has 0 saturated carbocycles. The number of thioether (sulfide) groups is 1. The molecule has 9 nitrogen and oxygen atoms in total. The van der Waals surface area contributed by atoms with Gasteiger partial charge in [-0.3, -0.25) is 0 Å². The zero-order valence-corrected chi connectivity index (χ0v) is 31.2. The maximum absolute atomic E-state index is 11.6. The van der Waals surface area contributed by atoms with Crippen molar-refractivity contribution in [1.29, 1.82) is 0 Å². The summed E-state index contributed by atoms with van der Waals surface area (Å²) in [6.07, 6.45) is -7.30. The van der Waals surface area contributed by atoms with E-state index in [-0.39, 0.29) is 31.2 Å². The highest BCUT2D eigenvalue weighted by Gasteiger charge is 2.51. The predicted octanol–water partition coefficient (Wildman–Crippen LogP) is 6.54. The summed E-state index contributed by atoms with van der Waals surface area (Å²) in [5, 5.41) is 23.0. The molecule has 0 spiro atoms. The number of aliphatic hydroxyl groups is 2. The van der Waals surface area contributed by atoms with Crippen molar-refractivity contribution in [3.63, 3.8) is 0 Å². The standard InChI is InChI=1S/C43H52O9S/c1-3-53-43-30(2)39(48-26-33-20-12-6-13-21-33)40(36(51-43)29-47-25-32-18-10-5-11-19-32)52-42-41(49-27-34-22-14-7-15-23-34)38(45)37(44)35(50-42)28-46-24-31-16-8-4-9-17-31/h4-23,30,35-45H,3,24-29H2,1-2H3/t30-,35?,36?,37+,38+,39+,40+,41-,42?,43?/m1/s1. The molecular formula is C43H52O9S. The van der Waals surface area contributed by atoms with Gasteiger partial charge >= 0.3 is 0 Å². The minimum Gasteiger partial charge on any atom is -0.387 e. The molecule has 6 rings (SSSR count). The Morgan fingerprint density at radius 1 is 0.547 bits per heavy atom. The number of aliphatic hydroxyl groups excluding tert-OH is 2. The molecule has 0 aromatic heterocycles. The van der Waals surface area contributed by atoms with E-state index in [2.05, 4.69) is 13.8 Å². The van der Waals surface area contributed by atoms with Gasteiger partial charge in [-0.25, -0.2) is 0 Å². The van der Waals surface area contributed by atoms with Crippen LogP contribution in [-0.2, 0) is 59.6 Å². The zero-order valence-electron chi connectivity index (χ0n) is 30.4. The number of hydrogen-bond donors (Lipinski definition) is 2. The number of hydrogen-bond acceptors (Lipinski definition) is 10. The molecule has 2 saturated heterocycles. The highest BCUT2D eigenvalue weighted by molar-refractivity contribution is 7.99. The van der Waals surface area contributed by atoms with Crippen molar-refractivity contribution in [1.82, 2.24) is 0 Å². The zero-order chi connectivity index (χ0) is 36.8. The first kappa shape index (κ1) is 39.6. The molecule has 0 amide bonds. The molecule has 2 aliphatic heterocycles. The number of ether oxygens (including phenoxy) is 7. The van der Waals surface area contributed by atoms with Crippen LogP contribution in [-0.4, -0.2) is 83.6 Å². The van der Waals surface area contributed by atoms with Gasteiger partial charge in [0, 0.05) is 5.92 Å². The fraction of sp³-hybridized carbons (Fsp3) is 0.442. The third-order valence-corrected chi connectivity index (χ3v) is 10.8. The van der Waals surface area contributed by atoms with E-state index in [1.165, 1.54) is 0 Å². The minimum absolute atomic E-state index is 0.0305. The predicted molar refractivity (Wildman–Crippen MR) is 204 cm³/mol. The van der Waals surface area contributed by atoms with Gasteiger partial charge in [0.1, 0.15) is 42.1 Å². The molecular weight excluding hydrogens is 693 g/mol. The van der Waals surface area contributed by atoms with Crippen molar-refractivity contribution < 1.29 is 43.4 Å². The molecule has 2 aliphatic rings. The van der Waals surface area contributed by atoms with Gasteiger partial charge in [0.25, 0.3) is 0 Å². The molecule has 2 N–H and O–H groups in total. The second-order valence-electron chi connectivity index (χ2n) is 13.5. The third kappa shape index (κ3) is 11.2. The number of benzene rings is 4. The first-order valence-corrected chi connectivity index (χ1v) is 19.5. The van der Waals surface area contributed by atoms with Gasteiger partial charge < -0.3 is 43.4 Å². The summed E-state index contributed by atoms with van der Waals surface area (Å²) in [5.41, 5.74) is 3.81. The van der Waals surface area contributed by atoms with Crippen LogP contribution >= 0.6 is 11.8 Å². The van der Waals surface area contributed by atoms with Crippen LogP contribution in [0.3, 0.4) is 0 Å². The van der Waals surface area contributed by atoms with Crippen LogP contribution in [0.1, 0.15) is 36.1 Å². The Labute approximate surface area is 317 Å². The van der Waals surface area contributed by atoms with Crippen molar-refractivity contribution in [3.05, 3.63) is 144 Å². The first-order chi connectivity index (χ1) is 26.0. The Morgan fingerprint density at radius 2 is 1.00 bits per heavy atom. The molecule has 10 atom stereocenters. The van der Waals surface area contributed by atoms with Crippen molar-refractivity contribution in [2.45, 2.75) is 94.7 Å². The second-order valence-corrected chi connectivity index (χ2v) is 14.9. The molecule has 284 valence electrons. The van der Waals surface area contributed by atoms with E-state index in [4.69, 9.17) is 33.2 Å². The lowest BCUT2D eigenvalue weighted by Crippen LogP contribution is -2.63. The molecule has 4 aromatic rings. The van der Waals surface area contributed by atoms with Gasteiger partial charge in [-0.15, -0.1) is 11.8 Å². The first-order valence-electron chi connectivity index (χ1n) is 18.5. The molecule has 2 fully saturated rings. The van der Waals surface area contributed by atoms with Crippen molar-refractivity contribution in [3.8, 4) is 0 Å². The van der Waals surface area contributed by atoms with Crippen LogP contribution in [0.15, 0.2) is 121 Å². The Kier molecular flexibility index (Phi) is 15.3. The van der Waals surface area contributed by atoms with E-state index in [0.29, 0.717) is 19.8 Å². The van der Waals surface area contributed by atoms with Crippen LogP contribution in [0.25, 0.3) is 0 Å². The molecule has 0 bridgehead atoms. The Hall–Kier alpha value is -3.13. The largest absolute Gasteiger partial charge is 0.387 e. The van der Waals surface area contributed by atoms with Crippen LogP contribution < -0.4 is 0 Å². The van der Waals surface area contributed by atoms with Crippen LogP contribution in [0, 0.1) is 5.92 Å². The maximum atomic E-state index is 11.6. The fourth-order valence-electron chi connectivity index (χ4n) is 6.69. The molecule has 4 aromatic carbocycles. The lowest BCUT2D eigenvalue weighted by Gasteiger charge is -2.49. The SMILES string of the molecule is CCSC1OC(COCc2ccccc2)[C@H](OC2OC(COCc3ccccc3)[C@H](O)[C@H](O)[C@H]2OCc2ccccc2)[C@@H](OCc2ccccc2)[C@H]1C. The second kappa shape index (κ2) is 20.5. The molecule has 10 heteroatoms. The van der Waals surface area contributed by atoms with Gasteiger partial charge in [-0.1, -0.05) is 135 Å².